The molecule has 0 amide bonds. The fraction of sp³-hybridized carbons (Fsp3) is 0.700. The largest absolute Gasteiger partial charge is 0.392 e. The van der Waals surface area contributed by atoms with Crippen LogP contribution in [0.1, 0.15) is 19.2 Å². The van der Waals surface area contributed by atoms with Crippen molar-refractivity contribution in [3.63, 3.8) is 0 Å². The van der Waals surface area contributed by atoms with Gasteiger partial charge in [-0.2, -0.15) is 0 Å². The molecule has 1 aliphatic heterocycles. The number of β-amino-alcohol motifs (C(OH)–C–C–N with tert-alkyl or cyclic N) is 1. The summed E-state index contributed by atoms with van der Waals surface area (Å²) in [6.45, 7) is 5.65. The third-order valence-corrected chi connectivity index (χ3v) is 2.76. The Kier molecular flexibility index (Phi) is 2.84. The Labute approximate surface area is 84.2 Å². The van der Waals surface area contributed by atoms with Crippen LogP contribution in [0.15, 0.2) is 12.4 Å². The molecule has 1 aromatic rings. The van der Waals surface area contributed by atoms with Gasteiger partial charge in [0.25, 0.3) is 0 Å². The van der Waals surface area contributed by atoms with E-state index in [1.54, 1.807) is 0 Å². The van der Waals surface area contributed by atoms with Gasteiger partial charge in [0, 0.05) is 32.0 Å². The summed E-state index contributed by atoms with van der Waals surface area (Å²) in [4.78, 5) is 6.54. The Hall–Kier alpha value is -0.870. The summed E-state index contributed by atoms with van der Waals surface area (Å²) in [5.74, 6) is 1.11. The summed E-state index contributed by atoms with van der Waals surface area (Å²) in [6, 6.07) is 0. The van der Waals surface area contributed by atoms with Crippen LogP contribution in [0.3, 0.4) is 0 Å². The van der Waals surface area contributed by atoms with E-state index < -0.39 is 0 Å². The molecular formula is C10H17N3O. The first-order valence-corrected chi connectivity index (χ1v) is 5.20. The third-order valence-electron chi connectivity index (χ3n) is 2.76. The van der Waals surface area contributed by atoms with E-state index >= 15 is 0 Å². The molecule has 0 aliphatic carbocycles. The molecular weight excluding hydrogens is 178 g/mol. The predicted octanol–water partition coefficient (Wildman–Crippen LogP) is 0.470. The summed E-state index contributed by atoms with van der Waals surface area (Å²) < 4.78 is 2.18. The summed E-state index contributed by atoms with van der Waals surface area (Å²) in [7, 11) is 0. The molecule has 14 heavy (non-hydrogen) atoms. The van der Waals surface area contributed by atoms with Crippen molar-refractivity contribution in [2.24, 2.45) is 0 Å². The highest BCUT2D eigenvalue weighted by Gasteiger charge is 2.17. The number of rotatable bonds is 3. The minimum atomic E-state index is -0.198. The van der Waals surface area contributed by atoms with Crippen molar-refractivity contribution in [2.45, 2.75) is 32.5 Å². The minimum absolute atomic E-state index is 0.198. The molecule has 0 bridgehead atoms. The van der Waals surface area contributed by atoms with Crippen LogP contribution in [-0.4, -0.2) is 38.8 Å². The fourth-order valence-electron chi connectivity index (χ4n) is 1.81. The molecule has 1 N–H and O–H groups in total. The molecule has 1 aliphatic rings. The monoisotopic (exact) mass is 195 g/mol. The van der Waals surface area contributed by atoms with E-state index in [9.17, 15) is 5.11 Å². The number of hydrogen-bond acceptors (Lipinski definition) is 3. The highest BCUT2D eigenvalue weighted by atomic mass is 16.3. The molecule has 1 unspecified atom stereocenters. The van der Waals surface area contributed by atoms with Crippen LogP contribution in [0.25, 0.3) is 0 Å². The maximum Gasteiger partial charge on any atom is 0.122 e. The lowest BCUT2D eigenvalue weighted by Gasteiger charge is -2.28. The van der Waals surface area contributed by atoms with Crippen LogP contribution in [0.4, 0.5) is 0 Å². The van der Waals surface area contributed by atoms with E-state index in [2.05, 4.69) is 14.5 Å². The number of hydrogen-bond donors (Lipinski definition) is 1. The Balaban J connectivity index is 1.94. The van der Waals surface area contributed by atoms with Crippen molar-refractivity contribution in [3.05, 3.63) is 18.2 Å². The average Bonchev–Trinajstić information content (AvgIpc) is 2.64. The van der Waals surface area contributed by atoms with Gasteiger partial charge in [0.1, 0.15) is 5.82 Å². The van der Waals surface area contributed by atoms with Crippen molar-refractivity contribution in [1.29, 1.82) is 0 Å². The van der Waals surface area contributed by atoms with Gasteiger partial charge in [0.15, 0.2) is 0 Å². The fourth-order valence-corrected chi connectivity index (χ4v) is 1.81. The van der Waals surface area contributed by atoms with E-state index in [4.69, 9.17) is 0 Å². The average molecular weight is 195 g/mol. The molecule has 0 saturated heterocycles. The lowest BCUT2D eigenvalue weighted by molar-refractivity contribution is 0.0934. The molecule has 4 heteroatoms. The zero-order valence-electron chi connectivity index (χ0n) is 8.56. The maximum absolute atomic E-state index is 9.54. The summed E-state index contributed by atoms with van der Waals surface area (Å²) in [6.07, 6.45) is 4.49. The lowest BCUT2D eigenvalue weighted by atomic mass is 10.2. The van der Waals surface area contributed by atoms with Gasteiger partial charge in [0.2, 0.25) is 0 Å². The molecule has 0 fully saturated rings. The summed E-state index contributed by atoms with van der Waals surface area (Å²) >= 11 is 0. The number of imidazole rings is 1. The number of aliphatic hydroxyl groups is 1. The lowest BCUT2D eigenvalue weighted by Crippen LogP contribution is -2.38. The first-order chi connectivity index (χ1) is 6.79. The second kappa shape index (κ2) is 4.11. The SMILES string of the molecule is CCC(O)CN1CCn2ccnc2C1. The van der Waals surface area contributed by atoms with Crippen molar-refractivity contribution in [1.82, 2.24) is 14.5 Å². The molecule has 0 saturated carbocycles. The van der Waals surface area contributed by atoms with Crippen LogP contribution in [0.5, 0.6) is 0 Å². The highest BCUT2D eigenvalue weighted by Crippen LogP contribution is 2.10. The Morgan fingerprint density at radius 1 is 1.57 bits per heavy atom. The van der Waals surface area contributed by atoms with Gasteiger partial charge in [0.05, 0.1) is 12.6 Å². The van der Waals surface area contributed by atoms with Crippen LogP contribution in [0.2, 0.25) is 0 Å². The van der Waals surface area contributed by atoms with Gasteiger partial charge in [-0.15, -0.1) is 0 Å². The standard InChI is InChI=1S/C10H17N3O/c1-2-9(14)7-12-5-6-13-4-3-11-10(13)8-12/h3-4,9,14H,2,5-8H2,1H3. The molecule has 0 radical (unpaired) electrons. The van der Waals surface area contributed by atoms with Gasteiger partial charge >= 0.3 is 0 Å². The van der Waals surface area contributed by atoms with E-state index in [0.29, 0.717) is 0 Å². The van der Waals surface area contributed by atoms with E-state index in [0.717, 1.165) is 38.4 Å². The van der Waals surface area contributed by atoms with Gasteiger partial charge in [-0.3, -0.25) is 4.90 Å². The van der Waals surface area contributed by atoms with Crippen molar-refractivity contribution in [3.8, 4) is 0 Å². The van der Waals surface area contributed by atoms with Crippen LogP contribution in [0, 0.1) is 0 Å². The smallest absolute Gasteiger partial charge is 0.122 e. The van der Waals surface area contributed by atoms with E-state index in [-0.39, 0.29) is 6.10 Å². The molecule has 0 aromatic carbocycles. The summed E-state index contributed by atoms with van der Waals surface area (Å²) in [5.41, 5.74) is 0. The Bertz CT molecular complexity index is 297. The zero-order valence-corrected chi connectivity index (χ0v) is 8.56. The summed E-state index contributed by atoms with van der Waals surface area (Å²) in [5, 5.41) is 9.54. The maximum atomic E-state index is 9.54. The minimum Gasteiger partial charge on any atom is -0.392 e. The van der Waals surface area contributed by atoms with Crippen LogP contribution < -0.4 is 0 Å². The molecule has 4 nitrogen and oxygen atoms in total. The highest BCUT2D eigenvalue weighted by molar-refractivity contribution is 4.95. The van der Waals surface area contributed by atoms with Crippen molar-refractivity contribution in [2.75, 3.05) is 13.1 Å². The van der Waals surface area contributed by atoms with Crippen LogP contribution >= 0.6 is 0 Å². The second-order valence-corrected chi connectivity index (χ2v) is 3.83. The molecule has 2 heterocycles. The molecule has 1 aromatic heterocycles. The van der Waals surface area contributed by atoms with Gasteiger partial charge < -0.3 is 9.67 Å². The van der Waals surface area contributed by atoms with Crippen LogP contribution in [-0.2, 0) is 13.1 Å². The molecule has 0 spiro atoms. The normalized spacial score (nSPS) is 19.3. The second-order valence-electron chi connectivity index (χ2n) is 3.83. The first-order valence-electron chi connectivity index (χ1n) is 5.20. The Morgan fingerprint density at radius 2 is 2.43 bits per heavy atom. The molecule has 1 atom stereocenters. The zero-order chi connectivity index (χ0) is 9.97. The topological polar surface area (TPSA) is 41.3 Å². The third kappa shape index (κ3) is 1.96. The van der Waals surface area contributed by atoms with Crippen molar-refractivity contribution < 1.29 is 5.11 Å². The van der Waals surface area contributed by atoms with Gasteiger partial charge in [-0.05, 0) is 6.42 Å². The number of aromatic nitrogens is 2. The molecule has 2 rings (SSSR count). The first kappa shape index (κ1) is 9.68. The quantitative estimate of drug-likeness (QED) is 0.762. The van der Waals surface area contributed by atoms with Gasteiger partial charge in [-0.25, -0.2) is 4.98 Å². The number of nitrogens with zero attached hydrogens (tertiary/aromatic N) is 3. The molecule has 78 valence electrons. The van der Waals surface area contributed by atoms with E-state index in [1.807, 2.05) is 19.3 Å². The Morgan fingerprint density at radius 3 is 3.21 bits per heavy atom. The van der Waals surface area contributed by atoms with Gasteiger partial charge in [-0.1, -0.05) is 6.92 Å². The number of fused-ring (bicyclic) bond motifs is 1. The van der Waals surface area contributed by atoms with E-state index in [1.165, 1.54) is 0 Å². The number of aliphatic hydroxyl groups excluding tert-OH is 1. The predicted molar refractivity (Wildman–Crippen MR) is 53.8 cm³/mol. The van der Waals surface area contributed by atoms with Crippen molar-refractivity contribution >= 4 is 0 Å².